The third-order valence-electron chi connectivity index (χ3n) is 2.90. The maximum absolute atomic E-state index is 11.9. The van der Waals surface area contributed by atoms with E-state index in [2.05, 4.69) is 16.5 Å². The minimum Gasteiger partial charge on any atom is -0.328 e. The maximum atomic E-state index is 11.9. The molecule has 2 rings (SSSR count). The number of fused-ring (bicyclic) bond motifs is 1. The van der Waals surface area contributed by atoms with E-state index in [1.54, 1.807) is 0 Å². The Hall–Kier alpha value is -1.68. The lowest BCUT2D eigenvalue weighted by Gasteiger charge is -2.09. The van der Waals surface area contributed by atoms with Crippen LogP contribution >= 0.6 is 0 Å². The molecule has 0 bridgehead atoms. The summed E-state index contributed by atoms with van der Waals surface area (Å²) in [5.74, 6) is 1.07. The lowest BCUT2D eigenvalue weighted by Crippen LogP contribution is -2.24. The van der Waals surface area contributed by atoms with Crippen molar-refractivity contribution in [1.29, 1.82) is 0 Å². The van der Waals surface area contributed by atoms with Crippen molar-refractivity contribution in [2.75, 3.05) is 20.6 Å². The van der Waals surface area contributed by atoms with E-state index in [9.17, 15) is 4.79 Å². The molecule has 4 nitrogen and oxygen atoms in total. The number of likely N-dealkylation sites (N-methyl/N-ethyl adjacent to an activating group) is 1. The van der Waals surface area contributed by atoms with E-state index in [0.29, 0.717) is 13.0 Å². The number of carbonyl (C=O) groups excluding carboxylic acids is 1. The van der Waals surface area contributed by atoms with Gasteiger partial charge in [-0.15, -0.1) is 0 Å². The summed E-state index contributed by atoms with van der Waals surface area (Å²) < 4.78 is 2.11. The number of hydrogen-bond donors (Lipinski definition) is 0. The molecule has 1 aromatic carbocycles. The molecule has 0 amide bonds. The summed E-state index contributed by atoms with van der Waals surface area (Å²) in [6.45, 7) is 3.38. The van der Waals surface area contributed by atoms with Gasteiger partial charge in [-0.1, -0.05) is 12.1 Å². The smallest absolute Gasteiger partial charge is 0.154 e. The summed E-state index contributed by atoms with van der Waals surface area (Å²) in [5, 5.41) is 0. The van der Waals surface area contributed by atoms with E-state index in [1.165, 1.54) is 0 Å². The first-order valence-electron chi connectivity index (χ1n) is 6.22. The van der Waals surface area contributed by atoms with Crippen molar-refractivity contribution in [1.82, 2.24) is 14.5 Å². The van der Waals surface area contributed by atoms with Crippen LogP contribution in [0.25, 0.3) is 11.0 Å². The van der Waals surface area contributed by atoms with E-state index in [1.807, 2.05) is 43.3 Å². The number of hydrogen-bond acceptors (Lipinski definition) is 3. The van der Waals surface area contributed by atoms with Gasteiger partial charge >= 0.3 is 0 Å². The molecule has 2 aromatic rings. The fourth-order valence-electron chi connectivity index (χ4n) is 2.20. The zero-order chi connectivity index (χ0) is 13.1. The molecule has 4 heteroatoms. The first-order chi connectivity index (χ1) is 8.61. The highest BCUT2D eigenvalue weighted by atomic mass is 16.1. The highest BCUT2D eigenvalue weighted by molar-refractivity contribution is 5.84. The molecule has 96 valence electrons. The first-order valence-corrected chi connectivity index (χ1v) is 6.22. The SMILES string of the molecule is CCn1c(CC(=O)CN(C)C)nc2ccccc21. The predicted octanol–water partition coefficient (Wildman–Crippen LogP) is 1.73. The number of aryl methyl sites for hydroxylation is 1. The van der Waals surface area contributed by atoms with Crippen molar-refractivity contribution in [3.05, 3.63) is 30.1 Å². The molecule has 0 spiro atoms. The second-order valence-electron chi connectivity index (χ2n) is 4.71. The second-order valence-corrected chi connectivity index (χ2v) is 4.71. The Kier molecular flexibility index (Phi) is 3.77. The number of rotatable bonds is 5. The van der Waals surface area contributed by atoms with Crippen LogP contribution in [0, 0.1) is 0 Å². The van der Waals surface area contributed by atoms with Gasteiger partial charge in [0.05, 0.1) is 24.0 Å². The van der Waals surface area contributed by atoms with Crippen LogP contribution in [0.4, 0.5) is 0 Å². The molecular weight excluding hydrogens is 226 g/mol. The van der Waals surface area contributed by atoms with E-state index < -0.39 is 0 Å². The van der Waals surface area contributed by atoms with Crippen LogP contribution in [0.15, 0.2) is 24.3 Å². The van der Waals surface area contributed by atoms with Crippen LogP contribution < -0.4 is 0 Å². The Labute approximate surface area is 107 Å². The Morgan fingerprint density at radius 2 is 2.06 bits per heavy atom. The van der Waals surface area contributed by atoms with Gasteiger partial charge in [0.1, 0.15) is 5.82 Å². The van der Waals surface area contributed by atoms with E-state index in [-0.39, 0.29) is 5.78 Å². The Balaban J connectivity index is 2.30. The minimum absolute atomic E-state index is 0.199. The molecule has 0 saturated heterocycles. The quantitative estimate of drug-likeness (QED) is 0.805. The molecule has 0 aliphatic heterocycles. The number of nitrogens with zero attached hydrogens (tertiary/aromatic N) is 3. The molecule has 0 fully saturated rings. The van der Waals surface area contributed by atoms with Gasteiger partial charge in [0.25, 0.3) is 0 Å². The zero-order valence-corrected chi connectivity index (χ0v) is 11.2. The molecule has 1 aromatic heterocycles. The van der Waals surface area contributed by atoms with Crippen LogP contribution in [0.5, 0.6) is 0 Å². The van der Waals surface area contributed by atoms with Gasteiger partial charge in [-0.2, -0.15) is 0 Å². The number of Topliss-reactive ketones (excluding diaryl/α,β-unsaturated/α-hetero) is 1. The van der Waals surface area contributed by atoms with Gasteiger partial charge in [-0.05, 0) is 33.2 Å². The second kappa shape index (κ2) is 5.31. The number of imidazole rings is 1. The molecule has 0 radical (unpaired) electrons. The summed E-state index contributed by atoms with van der Waals surface area (Å²) in [5.41, 5.74) is 2.07. The molecule has 1 heterocycles. The predicted molar refractivity (Wildman–Crippen MR) is 72.7 cm³/mol. The Morgan fingerprint density at radius 1 is 1.33 bits per heavy atom. The van der Waals surface area contributed by atoms with Crippen LogP contribution in [-0.2, 0) is 17.8 Å². The zero-order valence-electron chi connectivity index (χ0n) is 11.2. The highest BCUT2D eigenvalue weighted by Gasteiger charge is 2.13. The van der Waals surface area contributed by atoms with Gasteiger partial charge < -0.3 is 9.47 Å². The number of para-hydroxylation sites is 2. The molecule has 0 unspecified atom stereocenters. The summed E-state index contributed by atoms with van der Waals surface area (Å²) >= 11 is 0. The summed E-state index contributed by atoms with van der Waals surface area (Å²) in [4.78, 5) is 18.3. The summed E-state index contributed by atoms with van der Waals surface area (Å²) in [7, 11) is 3.81. The maximum Gasteiger partial charge on any atom is 0.154 e. The summed E-state index contributed by atoms with van der Waals surface area (Å²) in [6.07, 6.45) is 0.403. The molecule has 18 heavy (non-hydrogen) atoms. The molecule has 0 atom stereocenters. The van der Waals surface area contributed by atoms with Crippen LogP contribution in [-0.4, -0.2) is 40.9 Å². The number of aromatic nitrogens is 2. The van der Waals surface area contributed by atoms with E-state index in [0.717, 1.165) is 23.4 Å². The molecular formula is C14H19N3O. The monoisotopic (exact) mass is 245 g/mol. The molecule has 0 N–H and O–H groups in total. The van der Waals surface area contributed by atoms with Gasteiger partial charge in [-0.25, -0.2) is 4.98 Å². The average Bonchev–Trinajstić information content (AvgIpc) is 2.64. The highest BCUT2D eigenvalue weighted by Crippen LogP contribution is 2.16. The molecule has 0 aliphatic carbocycles. The number of carbonyl (C=O) groups is 1. The summed E-state index contributed by atoms with van der Waals surface area (Å²) in [6, 6.07) is 8.01. The third kappa shape index (κ3) is 2.59. The van der Waals surface area contributed by atoms with Gasteiger partial charge in [-0.3, -0.25) is 4.79 Å². The van der Waals surface area contributed by atoms with Crippen molar-refractivity contribution < 1.29 is 4.79 Å². The lowest BCUT2D eigenvalue weighted by molar-refractivity contribution is -0.119. The van der Waals surface area contributed by atoms with Gasteiger partial charge in [0.15, 0.2) is 5.78 Å². The minimum atomic E-state index is 0.199. The van der Waals surface area contributed by atoms with E-state index >= 15 is 0 Å². The van der Waals surface area contributed by atoms with Crippen molar-refractivity contribution in [2.24, 2.45) is 0 Å². The van der Waals surface area contributed by atoms with Crippen molar-refractivity contribution in [3.8, 4) is 0 Å². The fraction of sp³-hybridized carbons (Fsp3) is 0.429. The third-order valence-corrected chi connectivity index (χ3v) is 2.90. The Morgan fingerprint density at radius 3 is 2.72 bits per heavy atom. The number of ketones is 1. The van der Waals surface area contributed by atoms with Crippen molar-refractivity contribution in [3.63, 3.8) is 0 Å². The topological polar surface area (TPSA) is 38.1 Å². The standard InChI is InChI=1S/C14H19N3O/c1-4-17-13-8-6-5-7-12(13)15-14(17)9-11(18)10-16(2)3/h5-8H,4,9-10H2,1-3H3. The molecule has 0 saturated carbocycles. The number of benzene rings is 1. The first kappa shape index (κ1) is 12.8. The lowest BCUT2D eigenvalue weighted by atomic mass is 10.2. The van der Waals surface area contributed by atoms with Crippen molar-refractivity contribution >= 4 is 16.8 Å². The van der Waals surface area contributed by atoms with Crippen LogP contribution in [0.2, 0.25) is 0 Å². The van der Waals surface area contributed by atoms with Crippen LogP contribution in [0.1, 0.15) is 12.7 Å². The van der Waals surface area contributed by atoms with Gasteiger partial charge in [0.2, 0.25) is 0 Å². The largest absolute Gasteiger partial charge is 0.328 e. The molecule has 0 aliphatic rings. The fourth-order valence-corrected chi connectivity index (χ4v) is 2.20. The van der Waals surface area contributed by atoms with E-state index in [4.69, 9.17) is 0 Å². The Bertz CT molecular complexity index is 557. The average molecular weight is 245 g/mol. The van der Waals surface area contributed by atoms with Crippen molar-refractivity contribution in [2.45, 2.75) is 19.9 Å². The van der Waals surface area contributed by atoms with Gasteiger partial charge in [0, 0.05) is 6.54 Å². The normalized spacial score (nSPS) is 11.3. The van der Waals surface area contributed by atoms with Crippen LogP contribution in [0.3, 0.4) is 0 Å².